The number of aliphatic hydroxyl groups excluding tert-OH is 1. The van der Waals surface area contributed by atoms with Gasteiger partial charge in [-0.3, -0.25) is 9.59 Å². The number of hydrogen-bond donors (Lipinski definition) is 4. The first-order chi connectivity index (χ1) is 9.58. The highest BCUT2D eigenvalue weighted by Gasteiger charge is 2.20. The molecule has 0 bridgehead atoms. The fourth-order valence-corrected chi connectivity index (χ4v) is 1.82. The number of carbonyl (C=O) groups is 2. The molecular weight excluding hydrogens is 260 g/mol. The van der Waals surface area contributed by atoms with Gasteiger partial charge in [0.25, 0.3) is 0 Å². The Morgan fingerprint density at radius 1 is 1.30 bits per heavy atom. The minimum atomic E-state index is -1.11. The van der Waals surface area contributed by atoms with Crippen molar-refractivity contribution in [1.82, 2.24) is 5.32 Å². The van der Waals surface area contributed by atoms with E-state index in [4.69, 9.17) is 10.2 Å². The van der Waals surface area contributed by atoms with Gasteiger partial charge in [0.05, 0.1) is 13.0 Å². The monoisotopic (exact) mass is 280 g/mol. The molecule has 6 heteroatoms. The van der Waals surface area contributed by atoms with E-state index in [1.54, 1.807) is 6.07 Å². The number of carboxylic acid groups (broad SMARTS) is 1. The maximum absolute atomic E-state index is 11.9. The van der Waals surface area contributed by atoms with Crippen LogP contribution in [0.15, 0.2) is 24.3 Å². The molecule has 0 spiro atoms. The molecule has 20 heavy (non-hydrogen) atoms. The molecule has 0 unspecified atom stereocenters. The van der Waals surface area contributed by atoms with E-state index in [2.05, 4.69) is 10.6 Å². The van der Waals surface area contributed by atoms with Gasteiger partial charge in [0.2, 0.25) is 5.91 Å². The Labute approximate surface area is 117 Å². The van der Waals surface area contributed by atoms with Gasteiger partial charge in [0.1, 0.15) is 6.04 Å². The number of rotatable bonds is 8. The van der Waals surface area contributed by atoms with Crippen molar-refractivity contribution in [3.05, 3.63) is 29.8 Å². The van der Waals surface area contributed by atoms with Crippen molar-refractivity contribution < 1.29 is 19.8 Å². The van der Waals surface area contributed by atoms with Crippen LogP contribution in [-0.2, 0) is 16.0 Å². The first-order valence-electron chi connectivity index (χ1n) is 6.53. The van der Waals surface area contributed by atoms with Gasteiger partial charge in [0, 0.05) is 12.2 Å². The lowest BCUT2D eigenvalue weighted by atomic mass is 10.1. The molecule has 1 rings (SSSR count). The first-order valence-corrected chi connectivity index (χ1v) is 6.53. The second-order valence-corrected chi connectivity index (χ2v) is 4.33. The van der Waals surface area contributed by atoms with E-state index in [-0.39, 0.29) is 25.5 Å². The summed E-state index contributed by atoms with van der Waals surface area (Å²) >= 11 is 0. The summed E-state index contributed by atoms with van der Waals surface area (Å²) in [7, 11) is 0. The maximum Gasteiger partial charge on any atom is 0.321 e. The summed E-state index contributed by atoms with van der Waals surface area (Å²) in [6, 6.07) is 6.39. The largest absolute Gasteiger partial charge is 0.480 e. The maximum atomic E-state index is 11.9. The zero-order valence-corrected chi connectivity index (χ0v) is 11.4. The first kappa shape index (κ1) is 16.1. The number of carboxylic acids is 1. The predicted molar refractivity (Wildman–Crippen MR) is 75.6 cm³/mol. The Bertz CT molecular complexity index is 462. The van der Waals surface area contributed by atoms with Crippen LogP contribution in [0.3, 0.4) is 0 Å². The van der Waals surface area contributed by atoms with E-state index in [0.29, 0.717) is 5.69 Å². The lowest BCUT2D eigenvalue weighted by Gasteiger charge is -2.14. The molecule has 4 N–H and O–H groups in total. The van der Waals surface area contributed by atoms with Gasteiger partial charge in [-0.25, -0.2) is 0 Å². The lowest BCUT2D eigenvalue weighted by molar-refractivity contribution is -0.141. The van der Waals surface area contributed by atoms with E-state index in [0.717, 1.165) is 12.0 Å². The Kier molecular flexibility index (Phi) is 6.69. The van der Waals surface area contributed by atoms with Gasteiger partial charge < -0.3 is 20.8 Å². The summed E-state index contributed by atoms with van der Waals surface area (Å²) in [4.78, 5) is 22.9. The van der Waals surface area contributed by atoms with Gasteiger partial charge in [-0.05, 0) is 18.1 Å². The number of nitrogens with one attached hydrogen (secondary N) is 2. The van der Waals surface area contributed by atoms with Crippen LogP contribution in [0.1, 0.15) is 18.9 Å². The van der Waals surface area contributed by atoms with Crippen molar-refractivity contribution in [2.75, 3.05) is 18.5 Å². The molecule has 0 aromatic heterocycles. The molecule has 0 saturated heterocycles. The van der Waals surface area contributed by atoms with E-state index in [1.807, 2.05) is 25.1 Å². The summed E-state index contributed by atoms with van der Waals surface area (Å²) in [6.07, 6.45) is 0.592. The van der Waals surface area contributed by atoms with Gasteiger partial charge in [-0.15, -0.1) is 0 Å². The third-order valence-electron chi connectivity index (χ3n) is 2.86. The molecule has 1 amide bonds. The Morgan fingerprint density at radius 3 is 2.60 bits per heavy atom. The van der Waals surface area contributed by atoms with Gasteiger partial charge in [-0.2, -0.15) is 0 Å². The number of carbonyl (C=O) groups excluding carboxylic acids is 1. The van der Waals surface area contributed by atoms with E-state index in [9.17, 15) is 9.59 Å². The molecule has 1 aromatic carbocycles. The van der Waals surface area contributed by atoms with Gasteiger partial charge in [0.15, 0.2) is 0 Å². The molecule has 110 valence electrons. The fraction of sp³-hybridized carbons (Fsp3) is 0.429. The second kappa shape index (κ2) is 8.29. The molecule has 0 aliphatic heterocycles. The number of benzene rings is 1. The average Bonchev–Trinajstić information content (AvgIpc) is 2.43. The minimum Gasteiger partial charge on any atom is -0.480 e. The molecule has 0 aliphatic rings. The number of hydrogen-bond acceptors (Lipinski definition) is 4. The van der Waals surface area contributed by atoms with E-state index >= 15 is 0 Å². The van der Waals surface area contributed by atoms with Crippen LogP contribution < -0.4 is 10.6 Å². The van der Waals surface area contributed by atoms with Crippen molar-refractivity contribution in [1.29, 1.82) is 0 Å². The summed E-state index contributed by atoms with van der Waals surface area (Å²) in [6.45, 7) is 1.94. The van der Waals surface area contributed by atoms with Crippen LogP contribution in [0.4, 0.5) is 5.69 Å². The quantitative estimate of drug-likeness (QED) is 0.559. The second-order valence-electron chi connectivity index (χ2n) is 4.33. The van der Waals surface area contributed by atoms with Crippen LogP contribution >= 0.6 is 0 Å². The zero-order valence-electron chi connectivity index (χ0n) is 11.4. The number of amides is 1. The topological polar surface area (TPSA) is 98.7 Å². The number of anilines is 1. The van der Waals surface area contributed by atoms with Crippen molar-refractivity contribution in [2.45, 2.75) is 25.8 Å². The van der Waals surface area contributed by atoms with E-state index < -0.39 is 12.0 Å². The van der Waals surface area contributed by atoms with Crippen LogP contribution in [0, 0.1) is 0 Å². The molecule has 0 radical (unpaired) electrons. The van der Waals surface area contributed by atoms with Crippen LogP contribution in [0.25, 0.3) is 0 Å². The molecule has 0 aliphatic carbocycles. The van der Waals surface area contributed by atoms with Crippen LogP contribution in [0.2, 0.25) is 0 Å². The Morgan fingerprint density at radius 2 is 2.00 bits per heavy atom. The third-order valence-corrected chi connectivity index (χ3v) is 2.86. The molecule has 1 aromatic rings. The van der Waals surface area contributed by atoms with Crippen molar-refractivity contribution in [3.63, 3.8) is 0 Å². The number of para-hydroxylation sites is 1. The molecule has 0 fully saturated rings. The molecule has 6 nitrogen and oxygen atoms in total. The van der Waals surface area contributed by atoms with Crippen molar-refractivity contribution >= 4 is 17.6 Å². The molecular formula is C14H20N2O4. The van der Waals surface area contributed by atoms with Crippen LogP contribution in [0.5, 0.6) is 0 Å². The highest BCUT2D eigenvalue weighted by Crippen LogP contribution is 2.15. The summed E-state index contributed by atoms with van der Waals surface area (Å²) in [5.74, 6) is -1.49. The standard InChI is InChI=1S/C14H20N2O4/c1-2-10-5-3-4-6-11(10)16-13(18)9-12(14(19)20)15-7-8-17/h3-6,12,15,17H,2,7-9H2,1H3,(H,16,18)(H,19,20)/t12-/m0/s1. The van der Waals surface area contributed by atoms with Crippen molar-refractivity contribution in [2.24, 2.45) is 0 Å². The SMILES string of the molecule is CCc1ccccc1NC(=O)C[C@H](NCCO)C(=O)O. The van der Waals surface area contributed by atoms with Crippen molar-refractivity contribution in [3.8, 4) is 0 Å². The number of aliphatic hydroxyl groups is 1. The lowest BCUT2D eigenvalue weighted by Crippen LogP contribution is -2.41. The van der Waals surface area contributed by atoms with E-state index in [1.165, 1.54) is 0 Å². The highest BCUT2D eigenvalue weighted by atomic mass is 16.4. The molecule has 0 saturated carbocycles. The smallest absolute Gasteiger partial charge is 0.321 e. The normalized spacial score (nSPS) is 11.9. The third kappa shape index (κ3) is 4.99. The minimum absolute atomic E-state index is 0.135. The summed E-state index contributed by atoms with van der Waals surface area (Å²) in [5, 5.41) is 23.0. The average molecular weight is 280 g/mol. The van der Waals surface area contributed by atoms with Crippen LogP contribution in [-0.4, -0.2) is 41.3 Å². The zero-order chi connectivity index (χ0) is 15.0. The highest BCUT2D eigenvalue weighted by molar-refractivity contribution is 5.94. The molecule has 1 atom stereocenters. The summed E-state index contributed by atoms with van der Waals surface area (Å²) in [5.41, 5.74) is 1.70. The Hall–Kier alpha value is -1.92. The number of aliphatic carboxylic acids is 1. The van der Waals surface area contributed by atoms with Gasteiger partial charge in [-0.1, -0.05) is 25.1 Å². The summed E-state index contributed by atoms with van der Waals surface area (Å²) < 4.78 is 0. The van der Waals surface area contributed by atoms with Gasteiger partial charge >= 0.3 is 5.97 Å². The Balaban J connectivity index is 2.63. The fourth-order valence-electron chi connectivity index (χ4n) is 1.82. The predicted octanol–water partition coefficient (Wildman–Crippen LogP) is 0.613. The number of aryl methyl sites for hydroxylation is 1. The molecule has 0 heterocycles.